The number of aromatic nitrogens is 5. The van der Waals surface area contributed by atoms with E-state index >= 15 is 0 Å². The lowest BCUT2D eigenvalue weighted by Gasteiger charge is -2.36. The highest BCUT2D eigenvalue weighted by Gasteiger charge is 2.19. The summed E-state index contributed by atoms with van der Waals surface area (Å²) in [6.45, 7) is 5.23. The molecule has 1 aliphatic heterocycles. The SMILES string of the molecule is c1ccc2c(CCN3CCN(c4ccnc5nncn45)CC3)c[nH]c2c1. The van der Waals surface area contributed by atoms with E-state index in [1.807, 2.05) is 16.7 Å². The summed E-state index contributed by atoms with van der Waals surface area (Å²) in [5.41, 5.74) is 2.63. The van der Waals surface area contributed by atoms with Crippen LogP contribution in [0.1, 0.15) is 5.56 Å². The van der Waals surface area contributed by atoms with E-state index in [0.29, 0.717) is 5.78 Å². The first-order valence-corrected chi connectivity index (χ1v) is 9.05. The number of hydrogen-bond acceptors (Lipinski definition) is 5. The Morgan fingerprint density at radius 3 is 2.85 bits per heavy atom. The number of rotatable bonds is 4. The summed E-state index contributed by atoms with van der Waals surface area (Å²) >= 11 is 0. The van der Waals surface area contributed by atoms with Gasteiger partial charge >= 0.3 is 0 Å². The summed E-state index contributed by atoms with van der Waals surface area (Å²) in [4.78, 5) is 12.5. The minimum atomic E-state index is 0.657. The maximum absolute atomic E-state index is 4.24. The van der Waals surface area contributed by atoms with Gasteiger partial charge in [-0.3, -0.25) is 9.30 Å². The number of para-hydroxylation sites is 1. The third-order valence-electron chi connectivity index (χ3n) is 5.26. The quantitative estimate of drug-likeness (QED) is 0.611. The first-order valence-electron chi connectivity index (χ1n) is 9.05. The zero-order chi connectivity index (χ0) is 17.3. The molecule has 4 aromatic rings. The molecule has 1 aromatic carbocycles. The number of benzene rings is 1. The van der Waals surface area contributed by atoms with Crippen molar-refractivity contribution in [1.29, 1.82) is 0 Å². The number of piperazine rings is 1. The predicted octanol–water partition coefficient (Wildman–Crippen LogP) is 1.97. The lowest BCUT2D eigenvalue weighted by atomic mass is 10.1. The molecule has 0 saturated carbocycles. The third kappa shape index (κ3) is 2.70. The van der Waals surface area contributed by atoms with E-state index in [1.54, 1.807) is 6.33 Å². The van der Waals surface area contributed by atoms with Crippen LogP contribution in [0.2, 0.25) is 0 Å². The molecule has 0 unspecified atom stereocenters. The molecule has 26 heavy (non-hydrogen) atoms. The molecule has 3 aromatic heterocycles. The second kappa shape index (κ2) is 6.42. The van der Waals surface area contributed by atoms with Crippen LogP contribution in [0, 0.1) is 0 Å². The smallest absolute Gasteiger partial charge is 0.256 e. The molecule has 1 saturated heterocycles. The number of H-pyrrole nitrogens is 1. The monoisotopic (exact) mass is 347 g/mol. The van der Waals surface area contributed by atoms with Crippen LogP contribution in [0.5, 0.6) is 0 Å². The average molecular weight is 347 g/mol. The fourth-order valence-electron chi connectivity index (χ4n) is 3.80. The first kappa shape index (κ1) is 15.3. The van der Waals surface area contributed by atoms with Crippen LogP contribution >= 0.6 is 0 Å². The minimum absolute atomic E-state index is 0.657. The van der Waals surface area contributed by atoms with E-state index in [-0.39, 0.29) is 0 Å². The summed E-state index contributed by atoms with van der Waals surface area (Å²) in [6.07, 6.45) is 6.78. The van der Waals surface area contributed by atoms with Crippen molar-refractivity contribution in [2.75, 3.05) is 37.6 Å². The van der Waals surface area contributed by atoms with Crippen molar-refractivity contribution >= 4 is 22.5 Å². The van der Waals surface area contributed by atoms with Crippen molar-refractivity contribution in [2.24, 2.45) is 0 Å². The van der Waals surface area contributed by atoms with Crippen molar-refractivity contribution in [3.05, 3.63) is 54.6 Å². The van der Waals surface area contributed by atoms with Crippen molar-refractivity contribution < 1.29 is 0 Å². The van der Waals surface area contributed by atoms with E-state index in [1.165, 1.54) is 16.5 Å². The number of nitrogens with one attached hydrogen (secondary N) is 1. The van der Waals surface area contributed by atoms with E-state index in [2.05, 4.69) is 60.4 Å². The van der Waals surface area contributed by atoms with Gasteiger partial charge in [-0.2, -0.15) is 0 Å². The summed E-state index contributed by atoms with van der Waals surface area (Å²) < 4.78 is 1.96. The Labute approximate surface area is 151 Å². The molecule has 0 radical (unpaired) electrons. The van der Waals surface area contributed by atoms with E-state index < -0.39 is 0 Å². The molecule has 5 rings (SSSR count). The molecule has 7 heteroatoms. The van der Waals surface area contributed by atoms with Crippen molar-refractivity contribution in [3.63, 3.8) is 0 Å². The van der Waals surface area contributed by atoms with Gasteiger partial charge in [0.1, 0.15) is 12.1 Å². The topological polar surface area (TPSA) is 65.3 Å². The first-order chi connectivity index (χ1) is 12.9. The third-order valence-corrected chi connectivity index (χ3v) is 5.26. The van der Waals surface area contributed by atoms with Gasteiger partial charge in [0.15, 0.2) is 0 Å². The Kier molecular flexibility index (Phi) is 3.79. The molecule has 1 fully saturated rings. The number of anilines is 1. The molecule has 4 heterocycles. The Hall–Kier alpha value is -2.93. The largest absolute Gasteiger partial charge is 0.361 e. The number of hydrogen-bond donors (Lipinski definition) is 1. The van der Waals surface area contributed by atoms with Crippen LogP contribution in [-0.4, -0.2) is 62.2 Å². The molecule has 1 aliphatic rings. The van der Waals surface area contributed by atoms with Crippen molar-refractivity contribution in [1.82, 2.24) is 29.5 Å². The van der Waals surface area contributed by atoms with Crippen LogP contribution in [0.3, 0.4) is 0 Å². The molecule has 0 aliphatic carbocycles. The van der Waals surface area contributed by atoms with Gasteiger partial charge in [0.25, 0.3) is 5.78 Å². The zero-order valence-corrected chi connectivity index (χ0v) is 14.5. The van der Waals surface area contributed by atoms with Gasteiger partial charge in [0.2, 0.25) is 0 Å². The molecule has 1 N–H and O–H groups in total. The van der Waals surface area contributed by atoms with Crippen LogP contribution in [0.4, 0.5) is 5.82 Å². The molecule has 7 nitrogen and oxygen atoms in total. The molecule has 0 atom stereocenters. The number of fused-ring (bicyclic) bond motifs is 2. The van der Waals surface area contributed by atoms with Crippen LogP contribution in [0.15, 0.2) is 49.1 Å². The Balaban J connectivity index is 1.23. The highest BCUT2D eigenvalue weighted by molar-refractivity contribution is 5.83. The van der Waals surface area contributed by atoms with Gasteiger partial charge in [0, 0.05) is 56.0 Å². The van der Waals surface area contributed by atoms with Gasteiger partial charge in [-0.25, -0.2) is 4.98 Å². The van der Waals surface area contributed by atoms with Gasteiger partial charge in [-0.15, -0.1) is 10.2 Å². The average Bonchev–Trinajstić information content (AvgIpc) is 3.33. The van der Waals surface area contributed by atoms with Gasteiger partial charge < -0.3 is 9.88 Å². The highest BCUT2D eigenvalue weighted by atomic mass is 15.3. The maximum Gasteiger partial charge on any atom is 0.256 e. The standard InChI is InChI=1S/C19H21N7/c1-2-4-17-16(3-1)15(13-21-17)6-8-24-9-11-25(12-10-24)18-5-7-20-19-23-22-14-26(18)19/h1-5,7,13-14,21H,6,8-12H2. The summed E-state index contributed by atoms with van der Waals surface area (Å²) in [5.74, 6) is 1.78. The van der Waals surface area contributed by atoms with Gasteiger partial charge in [-0.05, 0) is 24.1 Å². The van der Waals surface area contributed by atoms with E-state index in [9.17, 15) is 0 Å². The normalized spacial score (nSPS) is 15.9. The van der Waals surface area contributed by atoms with Crippen molar-refractivity contribution in [3.8, 4) is 0 Å². The van der Waals surface area contributed by atoms with Crippen molar-refractivity contribution in [2.45, 2.75) is 6.42 Å². The zero-order valence-electron chi connectivity index (χ0n) is 14.5. The summed E-state index contributed by atoms with van der Waals surface area (Å²) in [5, 5.41) is 9.34. The molecular weight excluding hydrogens is 326 g/mol. The summed E-state index contributed by atoms with van der Waals surface area (Å²) in [7, 11) is 0. The lowest BCUT2D eigenvalue weighted by Crippen LogP contribution is -2.47. The Bertz CT molecular complexity index is 1030. The van der Waals surface area contributed by atoms with Crippen LogP contribution in [-0.2, 0) is 6.42 Å². The molecule has 0 bridgehead atoms. The summed E-state index contributed by atoms with van der Waals surface area (Å²) in [6, 6.07) is 10.6. The van der Waals surface area contributed by atoms with Gasteiger partial charge in [0.05, 0.1) is 0 Å². The fourth-order valence-corrected chi connectivity index (χ4v) is 3.80. The second-order valence-electron chi connectivity index (χ2n) is 6.74. The molecular formula is C19H21N7. The second-order valence-corrected chi connectivity index (χ2v) is 6.74. The van der Waals surface area contributed by atoms with E-state index in [0.717, 1.165) is 45.0 Å². The van der Waals surface area contributed by atoms with Crippen LogP contribution in [0.25, 0.3) is 16.7 Å². The van der Waals surface area contributed by atoms with Gasteiger partial charge in [-0.1, -0.05) is 18.2 Å². The predicted molar refractivity (Wildman–Crippen MR) is 101 cm³/mol. The highest BCUT2D eigenvalue weighted by Crippen LogP contribution is 2.20. The minimum Gasteiger partial charge on any atom is -0.361 e. The number of nitrogens with zero attached hydrogens (tertiary/aromatic N) is 6. The number of aromatic amines is 1. The molecule has 0 spiro atoms. The van der Waals surface area contributed by atoms with Crippen LogP contribution < -0.4 is 4.90 Å². The Morgan fingerprint density at radius 1 is 1.04 bits per heavy atom. The Morgan fingerprint density at radius 2 is 1.92 bits per heavy atom. The lowest BCUT2D eigenvalue weighted by molar-refractivity contribution is 0.260. The van der Waals surface area contributed by atoms with E-state index in [4.69, 9.17) is 0 Å². The maximum atomic E-state index is 4.24. The fraction of sp³-hybridized carbons (Fsp3) is 0.316. The molecule has 132 valence electrons. The molecule has 0 amide bonds.